The van der Waals surface area contributed by atoms with Crippen molar-refractivity contribution in [2.75, 3.05) is 18.1 Å². The average molecular weight is 618 g/mol. The zero-order valence-corrected chi connectivity index (χ0v) is 25.3. The molecule has 0 radical (unpaired) electrons. The van der Waals surface area contributed by atoms with E-state index in [1.165, 1.54) is 36.0 Å². The van der Waals surface area contributed by atoms with Gasteiger partial charge in [-0.3, -0.25) is 9.48 Å². The van der Waals surface area contributed by atoms with E-state index < -0.39 is 33.2 Å². The van der Waals surface area contributed by atoms with Crippen molar-refractivity contribution in [2.45, 2.75) is 95.3 Å². The van der Waals surface area contributed by atoms with Crippen LogP contribution in [0.25, 0.3) is 11.3 Å². The summed E-state index contributed by atoms with van der Waals surface area (Å²) in [7, 11) is -3.21. The van der Waals surface area contributed by atoms with Crippen LogP contribution in [0.1, 0.15) is 76.2 Å². The minimum absolute atomic E-state index is 0.0761. The number of halogens is 3. The Morgan fingerprint density at radius 3 is 2.51 bits per heavy atom. The molecule has 0 saturated heterocycles. The van der Waals surface area contributed by atoms with Crippen LogP contribution in [-0.2, 0) is 16.4 Å². The van der Waals surface area contributed by atoms with E-state index >= 15 is 0 Å². The molecule has 0 bridgehead atoms. The Hall–Kier alpha value is -2.51. The summed E-state index contributed by atoms with van der Waals surface area (Å²) in [6.45, 7) is 2.84. The molecule has 2 saturated carbocycles. The van der Waals surface area contributed by atoms with Gasteiger partial charge in [0.1, 0.15) is 21.4 Å². The van der Waals surface area contributed by atoms with Crippen molar-refractivity contribution in [1.29, 1.82) is 0 Å². The monoisotopic (exact) mass is 617 g/mol. The first-order valence-corrected chi connectivity index (χ1v) is 16.1. The molecule has 2 aliphatic carbocycles. The number of pyridine rings is 1. The number of hydrogen-bond acceptors (Lipinski definition) is 8. The summed E-state index contributed by atoms with van der Waals surface area (Å²) in [5.41, 5.74) is -1.38. The highest BCUT2D eigenvalue weighted by Crippen LogP contribution is 2.40. The lowest BCUT2D eigenvalue weighted by Crippen LogP contribution is -2.47. The third-order valence-electron chi connectivity index (χ3n) is 7.76. The molecule has 2 aliphatic rings. The molecule has 14 heteroatoms. The lowest BCUT2D eigenvalue weighted by atomic mass is 9.84. The standard InChI is InChI=1S/C27H38ClF2N5O5S/c1-5-35-23(18-14-31-20(12-19(18)40-25(29)30)33-26(2,3)13-16-6-7-16)21(28)22(34-35)24(36)32-15-27(37)10-8-17(9-11-27)41(4,38)39/h12,14,16-17,25,37H,5-11,13,15H2,1-4H3,(H,31,33)(H,32,36)/t17-,27+. The van der Waals surface area contributed by atoms with Gasteiger partial charge in [0.15, 0.2) is 5.69 Å². The summed E-state index contributed by atoms with van der Waals surface area (Å²) in [5, 5.41) is 20.6. The largest absolute Gasteiger partial charge is 0.434 e. The van der Waals surface area contributed by atoms with Gasteiger partial charge in [-0.15, -0.1) is 0 Å². The highest BCUT2D eigenvalue weighted by Gasteiger charge is 2.37. The number of aliphatic hydroxyl groups is 1. The Balaban J connectivity index is 1.55. The number of carbonyl (C=O) groups excluding carboxylic acids is 1. The smallest absolute Gasteiger partial charge is 0.387 e. The van der Waals surface area contributed by atoms with Crippen LogP contribution < -0.4 is 15.4 Å². The molecule has 0 aliphatic heterocycles. The van der Waals surface area contributed by atoms with Crippen molar-refractivity contribution in [2.24, 2.45) is 5.92 Å². The van der Waals surface area contributed by atoms with Crippen LogP contribution in [-0.4, -0.2) is 70.0 Å². The Bertz CT molecular complexity index is 1370. The number of hydrogen-bond donors (Lipinski definition) is 3. The maximum absolute atomic E-state index is 13.4. The molecule has 2 heterocycles. The van der Waals surface area contributed by atoms with E-state index in [1.54, 1.807) is 6.92 Å². The molecular weight excluding hydrogens is 580 g/mol. The molecule has 41 heavy (non-hydrogen) atoms. The number of aromatic nitrogens is 3. The van der Waals surface area contributed by atoms with Crippen molar-refractivity contribution in [3.05, 3.63) is 23.0 Å². The van der Waals surface area contributed by atoms with Crippen LogP contribution in [0.2, 0.25) is 5.02 Å². The van der Waals surface area contributed by atoms with Crippen LogP contribution in [0.4, 0.5) is 14.6 Å². The molecule has 10 nitrogen and oxygen atoms in total. The minimum Gasteiger partial charge on any atom is -0.434 e. The topological polar surface area (TPSA) is 135 Å². The summed E-state index contributed by atoms with van der Waals surface area (Å²) in [6.07, 6.45) is 6.84. The second-order valence-corrected chi connectivity index (χ2v) is 14.6. The van der Waals surface area contributed by atoms with E-state index in [-0.39, 0.29) is 59.2 Å². The quantitative estimate of drug-likeness (QED) is 0.313. The van der Waals surface area contributed by atoms with Gasteiger partial charge in [-0.1, -0.05) is 24.4 Å². The summed E-state index contributed by atoms with van der Waals surface area (Å²) in [4.78, 5) is 17.5. The van der Waals surface area contributed by atoms with Crippen molar-refractivity contribution in [3.8, 4) is 17.0 Å². The van der Waals surface area contributed by atoms with Gasteiger partial charge in [-0.05, 0) is 58.8 Å². The van der Waals surface area contributed by atoms with Crippen LogP contribution >= 0.6 is 11.6 Å². The van der Waals surface area contributed by atoms with Crippen LogP contribution in [0.5, 0.6) is 5.75 Å². The number of nitrogens with one attached hydrogen (secondary N) is 2. The Morgan fingerprint density at radius 2 is 1.95 bits per heavy atom. The van der Waals surface area contributed by atoms with Gasteiger partial charge in [0.25, 0.3) is 5.91 Å². The first kappa shape index (κ1) is 31.4. The molecule has 1 amide bonds. The molecule has 3 N–H and O–H groups in total. The Labute approximate surface area is 244 Å². The number of rotatable bonds is 12. The maximum Gasteiger partial charge on any atom is 0.387 e. The maximum atomic E-state index is 13.4. The first-order valence-electron chi connectivity index (χ1n) is 13.8. The molecule has 0 unspecified atom stereocenters. The number of nitrogens with zero attached hydrogens (tertiary/aromatic N) is 3. The van der Waals surface area contributed by atoms with Gasteiger partial charge < -0.3 is 20.5 Å². The number of alkyl halides is 2. The van der Waals surface area contributed by atoms with E-state index in [2.05, 4.69) is 20.7 Å². The lowest BCUT2D eigenvalue weighted by Gasteiger charge is -2.35. The number of aryl methyl sites for hydroxylation is 1. The summed E-state index contributed by atoms with van der Waals surface area (Å²) in [5.74, 6) is 0.177. The molecule has 0 aromatic carbocycles. The SMILES string of the molecule is CCn1nc(C(=O)NC[C@]2(O)CC[C@@H](S(C)(=O)=O)CC2)c(Cl)c1-c1cnc(NC(C)(C)CC2CC2)cc1OC(F)F. The van der Waals surface area contributed by atoms with E-state index in [4.69, 9.17) is 16.3 Å². The van der Waals surface area contributed by atoms with E-state index in [0.717, 1.165) is 6.42 Å². The van der Waals surface area contributed by atoms with Crippen LogP contribution in [0, 0.1) is 5.92 Å². The van der Waals surface area contributed by atoms with E-state index in [1.807, 2.05) is 13.8 Å². The molecule has 228 valence electrons. The summed E-state index contributed by atoms with van der Waals surface area (Å²) in [6, 6.07) is 1.39. The van der Waals surface area contributed by atoms with Crippen molar-refractivity contribution in [1.82, 2.24) is 20.1 Å². The van der Waals surface area contributed by atoms with Crippen LogP contribution in [0.3, 0.4) is 0 Å². The fourth-order valence-corrected chi connectivity index (χ4v) is 6.87. The number of amides is 1. The van der Waals surface area contributed by atoms with Gasteiger partial charge in [0.2, 0.25) is 0 Å². The van der Waals surface area contributed by atoms with Crippen molar-refractivity contribution < 1.29 is 31.8 Å². The third kappa shape index (κ3) is 7.86. The van der Waals surface area contributed by atoms with Crippen molar-refractivity contribution >= 4 is 33.2 Å². The average Bonchev–Trinajstić information content (AvgIpc) is 3.61. The lowest BCUT2D eigenvalue weighted by molar-refractivity contribution is -0.0494. The number of ether oxygens (including phenoxy) is 1. The molecular formula is C27H38ClF2N5O5S. The van der Waals surface area contributed by atoms with Gasteiger partial charge in [0, 0.05) is 37.1 Å². The van der Waals surface area contributed by atoms with E-state index in [0.29, 0.717) is 24.6 Å². The molecule has 2 aromatic rings. The normalized spacial score (nSPS) is 21.6. The Kier molecular flexibility index (Phi) is 9.20. The van der Waals surface area contributed by atoms with Gasteiger partial charge >= 0.3 is 6.61 Å². The second-order valence-electron chi connectivity index (χ2n) is 11.9. The minimum atomic E-state index is -3.21. The molecule has 0 atom stereocenters. The Morgan fingerprint density at radius 1 is 1.29 bits per heavy atom. The number of carbonyl (C=O) groups is 1. The van der Waals surface area contributed by atoms with Gasteiger partial charge in [-0.2, -0.15) is 13.9 Å². The molecule has 2 fully saturated rings. The highest BCUT2D eigenvalue weighted by molar-refractivity contribution is 7.91. The molecule has 4 rings (SSSR count). The highest BCUT2D eigenvalue weighted by atomic mass is 35.5. The second kappa shape index (κ2) is 12.0. The summed E-state index contributed by atoms with van der Waals surface area (Å²) < 4.78 is 56.8. The van der Waals surface area contributed by atoms with Crippen molar-refractivity contribution in [3.63, 3.8) is 0 Å². The predicted molar refractivity (Wildman–Crippen MR) is 152 cm³/mol. The fraction of sp³-hybridized carbons (Fsp3) is 0.667. The molecule has 2 aromatic heterocycles. The fourth-order valence-electron chi connectivity index (χ4n) is 5.45. The zero-order chi connectivity index (χ0) is 30.2. The first-order chi connectivity index (χ1) is 19.1. The zero-order valence-electron chi connectivity index (χ0n) is 23.7. The molecule has 0 spiro atoms. The third-order valence-corrected chi connectivity index (χ3v) is 9.80. The van der Waals surface area contributed by atoms with E-state index in [9.17, 15) is 27.1 Å². The van der Waals surface area contributed by atoms with Gasteiger partial charge in [-0.25, -0.2) is 13.4 Å². The van der Waals surface area contributed by atoms with Gasteiger partial charge in [0.05, 0.1) is 27.1 Å². The predicted octanol–water partition coefficient (Wildman–Crippen LogP) is 4.66. The number of sulfone groups is 1. The summed E-state index contributed by atoms with van der Waals surface area (Å²) >= 11 is 6.62. The van der Waals surface area contributed by atoms with Crippen LogP contribution in [0.15, 0.2) is 12.3 Å². The number of anilines is 1.